The van der Waals surface area contributed by atoms with E-state index in [0.29, 0.717) is 13.0 Å². The average Bonchev–Trinajstić information content (AvgIpc) is 2.85. The first-order valence-corrected chi connectivity index (χ1v) is 8.40. The predicted octanol–water partition coefficient (Wildman–Crippen LogP) is 2.31. The highest BCUT2D eigenvalue weighted by Crippen LogP contribution is 2.26. The van der Waals surface area contributed by atoms with E-state index < -0.39 is 11.9 Å². The fourth-order valence-corrected chi connectivity index (χ4v) is 3.57. The zero-order valence-electron chi connectivity index (χ0n) is 13.2. The molecule has 23 heavy (non-hydrogen) atoms. The molecule has 0 saturated heterocycles. The lowest BCUT2D eigenvalue weighted by Gasteiger charge is -2.23. The molecule has 3 rings (SSSR count). The number of ether oxygens (including phenoxy) is 1. The van der Waals surface area contributed by atoms with E-state index >= 15 is 0 Å². The van der Waals surface area contributed by atoms with Crippen LogP contribution in [0.15, 0.2) is 18.2 Å². The molecule has 2 atom stereocenters. The van der Waals surface area contributed by atoms with Crippen LogP contribution in [0.4, 0.5) is 0 Å². The van der Waals surface area contributed by atoms with Gasteiger partial charge in [0.25, 0.3) is 0 Å². The number of aliphatic carboxylic acids is 1. The number of rotatable bonds is 4. The van der Waals surface area contributed by atoms with Crippen LogP contribution in [-0.2, 0) is 22.4 Å². The maximum Gasteiger partial charge on any atom is 0.308 e. The molecule has 5 heteroatoms. The summed E-state index contributed by atoms with van der Waals surface area (Å²) in [6.07, 6.45) is 5.52. The van der Waals surface area contributed by atoms with Gasteiger partial charge in [0.1, 0.15) is 5.75 Å². The van der Waals surface area contributed by atoms with E-state index in [2.05, 4.69) is 5.32 Å². The van der Waals surface area contributed by atoms with Crippen molar-refractivity contribution in [2.45, 2.75) is 51.0 Å². The molecule has 0 radical (unpaired) electrons. The summed E-state index contributed by atoms with van der Waals surface area (Å²) >= 11 is 0. The van der Waals surface area contributed by atoms with Crippen molar-refractivity contribution in [3.63, 3.8) is 0 Å². The van der Waals surface area contributed by atoms with Gasteiger partial charge in [-0.2, -0.15) is 0 Å². The summed E-state index contributed by atoms with van der Waals surface area (Å²) in [4.78, 5) is 23.7. The van der Waals surface area contributed by atoms with Gasteiger partial charge in [0.15, 0.2) is 0 Å². The van der Waals surface area contributed by atoms with Gasteiger partial charge in [0, 0.05) is 12.5 Å². The molecule has 5 nitrogen and oxygen atoms in total. The smallest absolute Gasteiger partial charge is 0.308 e. The summed E-state index contributed by atoms with van der Waals surface area (Å²) in [7, 11) is 0. The SMILES string of the molecule is O=C(Cc1ccc2c(c1)CCO2)N[C@H]1CCCCC[C@H]1C(=O)O. The molecule has 1 aliphatic carbocycles. The highest BCUT2D eigenvalue weighted by atomic mass is 16.5. The Balaban J connectivity index is 1.62. The normalized spacial score (nSPS) is 23.5. The second kappa shape index (κ2) is 7.02. The van der Waals surface area contributed by atoms with Gasteiger partial charge in [-0.05, 0) is 30.0 Å². The highest BCUT2D eigenvalue weighted by Gasteiger charge is 2.30. The quantitative estimate of drug-likeness (QED) is 0.836. The summed E-state index contributed by atoms with van der Waals surface area (Å²) in [6.45, 7) is 0.702. The number of benzene rings is 1. The number of carbonyl (C=O) groups excluding carboxylic acids is 1. The number of carboxylic acid groups (broad SMARTS) is 1. The summed E-state index contributed by atoms with van der Waals surface area (Å²) in [5, 5.41) is 12.3. The van der Waals surface area contributed by atoms with Crippen LogP contribution in [-0.4, -0.2) is 29.6 Å². The molecular weight excluding hydrogens is 294 g/mol. The molecule has 1 heterocycles. The van der Waals surface area contributed by atoms with Crippen LogP contribution in [0.5, 0.6) is 5.75 Å². The molecule has 1 saturated carbocycles. The Labute approximate surface area is 136 Å². The first-order chi connectivity index (χ1) is 11.1. The average molecular weight is 317 g/mol. The molecule has 1 amide bonds. The molecule has 2 aliphatic rings. The maximum atomic E-state index is 12.3. The number of amides is 1. The summed E-state index contributed by atoms with van der Waals surface area (Å²) in [5.74, 6) is -0.451. The highest BCUT2D eigenvalue weighted by molar-refractivity contribution is 5.80. The van der Waals surface area contributed by atoms with Crippen molar-refractivity contribution in [1.82, 2.24) is 5.32 Å². The van der Waals surface area contributed by atoms with Gasteiger partial charge in [-0.3, -0.25) is 9.59 Å². The third kappa shape index (κ3) is 3.84. The fourth-order valence-electron chi connectivity index (χ4n) is 3.57. The van der Waals surface area contributed by atoms with Crippen molar-refractivity contribution in [3.05, 3.63) is 29.3 Å². The van der Waals surface area contributed by atoms with Gasteiger partial charge in [-0.15, -0.1) is 0 Å². The number of carbonyl (C=O) groups is 2. The summed E-state index contributed by atoms with van der Waals surface area (Å²) in [6, 6.07) is 5.59. The lowest BCUT2D eigenvalue weighted by atomic mass is 9.94. The molecule has 0 spiro atoms. The van der Waals surface area contributed by atoms with E-state index in [1.54, 1.807) is 0 Å². The van der Waals surface area contributed by atoms with Gasteiger partial charge in [-0.25, -0.2) is 0 Å². The third-order valence-corrected chi connectivity index (χ3v) is 4.80. The minimum absolute atomic E-state index is 0.0954. The third-order valence-electron chi connectivity index (χ3n) is 4.80. The van der Waals surface area contributed by atoms with Crippen molar-refractivity contribution >= 4 is 11.9 Å². The van der Waals surface area contributed by atoms with Gasteiger partial charge >= 0.3 is 5.97 Å². The first kappa shape index (κ1) is 15.8. The van der Waals surface area contributed by atoms with E-state index in [9.17, 15) is 14.7 Å². The molecule has 0 bridgehead atoms. The van der Waals surface area contributed by atoms with E-state index in [1.807, 2.05) is 18.2 Å². The minimum Gasteiger partial charge on any atom is -0.493 e. The van der Waals surface area contributed by atoms with Crippen molar-refractivity contribution in [2.24, 2.45) is 5.92 Å². The van der Waals surface area contributed by atoms with E-state index in [1.165, 1.54) is 0 Å². The van der Waals surface area contributed by atoms with Crippen molar-refractivity contribution < 1.29 is 19.4 Å². The predicted molar refractivity (Wildman–Crippen MR) is 85.5 cm³/mol. The molecule has 1 aliphatic heterocycles. The first-order valence-electron chi connectivity index (χ1n) is 8.40. The largest absolute Gasteiger partial charge is 0.493 e. The van der Waals surface area contributed by atoms with Crippen LogP contribution in [0.2, 0.25) is 0 Å². The molecule has 1 aromatic carbocycles. The molecule has 1 aromatic rings. The van der Waals surface area contributed by atoms with Crippen LogP contribution in [0.3, 0.4) is 0 Å². The molecule has 2 N–H and O–H groups in total. The zero-order chi connectivity index (χ0) is 16.2. The van der Waals surface area contributed by atoms with Gasteiger partial charge in [0.2, 0.25) is 5.91 Å². The van der Waals surface area contributed by atoms with E-state index in [-0.39, 0.29) is 18.4 Å². The Kier molecular flexibility index (Phi) is 4.84. The Bertz CT molecular complexity index is 599. The Hall–Kier alpha value is -2.04. The van der Waals surface area contributed by atoms with Crippen LogP contribution in [0.25, 0.3) is 0 Å². The number of fused-ring (bicyclic) bond motifs is 1. The van der Waals surface area contributed by atoms with Crippen molar-refractivity contribution in [3.8, 4) is 5.75 Å². The second-order valence-electron chi connectivity index (χ2n) is 6.47. The minimum atomic E-state index is -0.799. The monoisotopic (exact) mass is 317 g/mol. The molecule has 0 unspecified atom stereocenters. The standard InChI is InChI=1S/C18H23NO4/c20-17(11-12-6-7-16-13(10-12)8-9-23-16)19-15-5-3-1-2-4-14(15)18(21)22/h6-7,10,14-15H,1-5,8-9,11H2,(H,19,20)(H,21,22)/t14-,15+/m1/s1. The van der Waals surface area contributed by atoms with Crippen molar-refractivity contribution in [2.75, 3.05) is 6.61 Å². The number of hydrogen-bond acceptors (Lipinski definition) is 3. The number of hydrogen-bond donors (Lipinski definition) is 2. The number of nitrogens with one attached hydrogen (secondary N) is 1. The summed E-state index contributed by atoms with van der Waals surface area (Å²) < 4.78 is 5.47. The second-order valence-corrected chi connectivity index (χ2v) is 6.47. The van der Waals surface area contributed by atoms with Crippen molar-refractivity contribution in [1.29, 1.82) is 0 Å². The Morgan fingerprint density at radius 3 is 2.87 bits per heavy atom. The van der Waals surface area contributed by atoms with Gasteiger partial charge < -0.3 is 15.2 Å². The molecular formula is C18H23NO4. The lowest BCUT2D eigenvalue weighted by Crippen LogP contribution is -2.43. The molecule has 1 fully saturated rings. The summed E-state index contributed by atoms with van der Waals surface area (Å²) in [5.41, 5.74) is 2.10. The Morgan fingerprint density at radius 2 is 2.04 bits per heavy atom. The maximum absolute atomic E-state index is 12.3. The van der Waals surface area contributed by atoms with Gasteiger partial charge in [-0.1, -0.05) is 31.4 Å². The topological polar surface area (TPSA) is 75.6 Å². The zero-order valence-corrected chi connectivity index (χ0v) is 13.2. The van der Waals surface area contributed by atoms with E-state index in [4.69, 9.17) is 4.74 Å². The van der Waals surface area contributed by atoms with Crippen LogP contribution >= 0.6 is 0 Å². The Morgan fingerprint density at radius 1 is 1.22 bits per heavy atom. The van der Waals surface area contributed by atoms with Crippen LogP contribution < -0.4 is 10.1 Å². The van der Waals surface area contributed by atoms with Crippen LogP contribution in [0.1, 0.15) is 43.2 Å². The molecule has 0 aromatic heterocycles. The lowest BCUT2D eigenvalue weighted by molar-refractivity contribution is -0.143. The number of carboxylic acids is 1. The van der Waals surface area contributed by atoms with Crippen LogP contribution in [0, 0.1) is 5.92 Å². The van der Waals surface area contributed by atoms with E-state index in [0.717, 1.165) is 49.0 Å². The molecule has 124 valence electrons. The fraction of sp³-hybridized carbons (Fsp3) is 0.556. The van der Waals surface area contributed by atoms with Gasteiger partial charge in [0.05, 0.1) is 18.9 Å².